The zero-order valence-electron chi connectivity index (χ0n) is 94.0. The number of alkyl halides is 1. The van der Waals surface area contributed by atoms with Crippen LogP contribution in [0.1, 0.15) is 681 Å². The zero-order chi connectivity index (χ0) is 98.4. The van der Waals surface area contributed by atoms with Crippen LogP contribution in [0.5, 0.6) is 0 Å². The standard InChI is InChI=1S/C40H81NO2.C33H68O.C17H36O3S.C16H33Br.C16H34O/c1-7-11-15-19-21-25-31-37(29-23-17-13-9-3)35-39(43-40(42)33-27-28-34-41(5)6)36-38(30-24-18-14-10-4)32-26-22-20-16-12-8-2;1-5-9-13-17-19-23-27-31(25-21-15-11-7-3)29-33(34)30-32(26-22-16-12-8-4)28-24-20-18-14-10-6-2;1-4-6-8-10-11-13-15-17(14-12-9-7-5-2)16-20-21(3,18)19;2*1-3-5-7-9-10-12-14-16(15-17)13-11-8-6-4-2/h37-39H,7-36H2,1-6H3;31-34H,5-30H2,1-4H3;17H,4-16H2,1-3H3;16H,3-15H2,1-2H3;16-17H,3-15H2,1-2H3. The van der Waals surface area contributed by atoms with Crippen LogP contribution in [0.3, 0.4) is 0 Å². The Balaban J connectivity index is -0.000000536. The lowest BCUT2D eigenvalue weighted by atomic mass is 9.84. The number of unbranched alkanes of at least 4 members (excludes halogenated alkanes) is 57. The Bertz CT molecular complexity index is 2070. The van der Waals surface area contributed by atoms with E-state index in [9.17, 15) is 23.4 Å². The molecule has 0 aromatic heterocycles. The first kappa shape index (κ1) is 140. The van der Waals surface area contributed by atoms with E-state index in [1.807, 2.05) is 0 Å². The molecule has 0 aliphatic rings. The number of halogens is 1. The molecule has 132 heavy (non-hydrogen) atoms. The number of rotatable bonds is 103. The topological polar surface area (TPSA) is 113 Å². The van der Waals surface area contributed by atoms with Crippen LogP contribution in [0.25, 0.3) is 0 Å². The van der Waals surface area contributed by atoms with Gasteiger partial charge in [-0.3, -0.25) is 8.98 Å². The highest BCUT2D eigenvalue weighted by molar-refractivity contribution is 9.09. The van der Waals surface area contributed by atoms with Crippen molar-refractivity contribution in [2.75, 3.05) is 45.4 Å². The van der Waals surface area contributed by atoms with Gasteiger partial charge in [0.25, 0.3) is 10.1 Å². The fourth-order valence-corrected chi connectivity index (χ4v) is 21.0. The Morgan fingerprint density at radius 1 is 0.265 bits per heavy atom. The summed E-state index contributed by atoms with van der Waals surface area (Å²) in [6.45, 7) is 33.8. The first-order valence-electron chi connectivity index (χ1n) is 60.9. The number of esters is 1. The van der Waals surface area contributed by atoms with E-state index in [4.69, 9.17) is 8.92 Å². The summed E-state index contributed by atoms with van der Waals surface area (Å²) in [6, 6.07) is 0. The van der Waals surface area contributed by atoms with Crippen molar-refractivity contribution in [1.29, 1.82) is 0 Å². The van der Waals surface area contributed by atoms with Gasteiger partial charge in [-0.2, -0.15) is 8.42 Å². The number of carbonyl (C=O) groups excluding carboxylic acids is 1. The van der Waals surface area contributed by atoms with Gasteiger partial charge in [0.2, 0.25) is 0 Å². The molecule has 0 heterocycles. The first-order valence-corrected chi connectivity index (χ1v) is 63.8. The largest absolute Gasteiger partial charge is 0.462 e. The van der Waals surface area contributed by atoms with Gasteiger partial charge in [0.05, 0.1) is 19.0 Å². The Labute approximate surface area is 843 Å². The molecule has 0 aromatic carbocycles. The van der Waals surface area contributed by atoms with Crippen molar-refractivity contribution in [2.45, 2.75) is 693 Å². The van der Waals surface area contributed by atoms with Crippen molar-refractivity contribution < 1.29 is 32.3 Å². The van der Waals surface area contributed by atoms with Gasteiger partial charge in [-0.15, -0.1) is 0 Å². The molecule has 7 unspecified atom stereocenters. The number of carbonyl (C=O) groups is 1. The highest BCUT2D eigenvalue weighted by atomic mass is 79.9. The van der Waals surface area contributed by atoms with E-state index in [-0.39, 0.29) is 18.2 Å². The second kappa shape index (κ2) is 119. The molecule has 800 valence electrons. The molecule has 0 aliphatic carbocycles. The van der Waals surface area contributed by atoms with Gasteiger partial charge < -0.3 is 19.8 Å². The van der Waals surface area contributed by atoms with Gasteiger partial charge in [-0.05, 0) is 139 Å². The molecular weight excluding hydrogens is 1700 g/mol. The summed E-state index contributed by atoms with van der Waals surface area (Å²) in [7, 11) is 0.932. The molecule has 0 fully saturated rings. The first-order chi connectivity index (χ1) is 64.3. The van der Waals surface area contributed by atoms with Crippen LogP contribution in [0.2, 0.25) is 0 Å². The predicted molar refractivity (Wildman–Crippen MR) is 600 cm³/mol. The summed E-state index contributed by atoms with van der Waals surface area (Å²) in [5.74, 6) is 4.94. The summed E-state index contributed by atoms with van der Waals surface area (Å²) in [4.78, 5) is 15.4. The minimum Gasteiger partial charge on any atom is -0.462 e. The van der Waals surface area contributed by atoms with E-state index < -0.39 is 10.1 Å². The van der Waals surface area contributed by atoms with Crippen molar-refractivity contribution in [3.63, 3.8) is 0 Å². The van der Waals surface area contributed by atoms with Gasteiger partial charge in [0, 0.05) is 18.4 Å². The molecule has 0 bridgehead atoms. The number of nitrogens with zero attached hydrogens (tertiary/aromatic N) is 1. The van der Waals surface area contributed by atoms with Gasteiger partial charge in [0.15, 0.2) is 0 Å². The van der Waals surface area contributed by atoms with E-state index >= 15 is 0 Å². The van der Waals surface area contributed by atoms with Crippen molar-refractivity contribution in [3.8, 4) is 0 Å². The quantitative estimate of drug-likeness (QED) is 0.0268. The van der Waals surface area contributed by atoms with E-state index in [0.29, 0.717) is 43.3 Å². The smallest absolute Gasteiger partial charge is 0.306 e. The third-order valence-corrected chi connectivity index (χ3v) is 30.4. The highest BCUT2D eigenvalue weighted by Gasteiger charge is 2.26. The lowest BCUT2D eigenvalue weighted by Crippen LogP contribution is -2.25. The minimum atomic E-state index is -3.30. The summed E-state index contributed by atoms with van der Waals surface area (Å²) < 4.78 is 33.7. The van der Waals surface area contributed by atoms with Crippen molar-refractivity contribution >= 4 is 32.0 Å². The van der Waals surface area contributed by atoms with E-state index in [0.717, 1.165) is 81.9 Å². The molecule has 0 saturated heterocycles. The fraction of sp³-hybridized carbons (Fsp3) is 0.992. The molecule has 10 heteroatoms. The maximum Gasteiger partial charge on any atom is 0.306 e. The molecular formula is C122H252BrNO7S. The molecule has 8 nitrogen and oxygen atoms in total. The van der Waals surface area contributed by atoms with Gasteiger partial charge in [0.1, 0.15) is 6.10 Å². The molecule has 7 atom stereocenters. The van der Waals surface area contributed by atoms with Crippen LogP contribution in [0.4, 0.5) is 0 Å². The van der Waals surface area contributed by atoms with E-state index in [1.54, 1.807) is 0 Å². The molecule has 0 rings (SSSR count). The maximum atomic E-state index is 13.1. The monoisotopic (exact) mass is 1950 g/mol. The van der Waals surface area contributed by atoms with Crippen LogP contribution < -0.4 is 0 Å². The van der Waals surface area contributed by atoms with Crippen molar-refractivity contribution in [2.24, 2.45) is 41.4 Å². The van der Waals surface area contributed by atoms with Crippen molar-refractivity contribution in [1.82, 2.24) is 4.90 Å². The number of ether oxygens (including phenoxy) is 1. The zero-order valence-corrected chi connectivity index (χ0v) is 96.4. The Kier molecular flexibility index (Phi) is 127. The number of hydrogen-bond donors (Lipinski definition) is 2. The number of aliphatic hydroxyl groups is 2. The van der Waals surface area contributed by atoms with E-state index in [1.165, 1.54) is 532 Å². The van der Waals surface area contributed by atoms with E-state index in [2.05, 4.69) is 132 Å². The molecule has 0 aromatic rings. The van der Waals surface area contributed by atoms with Crippen LogP contribution >= 0.6 is 15.9 Å². The second-order valence-electron chi connectivity index (χ2n) is 43.2. The predicted octanol–water partition coefficient (Wildman–Crippen LogP) is 42.2. The average Bonchev–Trinajstić information content (AvgIpc) is 0.905. The van der Waals surface area contributed by atoms with Gasteiger partial charge in [-0.25, -0.2) is 0 Å². The van der Waals surface area contributed by atoms with Crippen LogP contribution in [-0.4, -0.2) is 87.1 Å². The molecule has 0 amide bonds. The van der Waals surface area contributed by atoms with Crippen LogP contribution in [0.15, 0.2) is 0 Å². The fourth-order valence-electron chi connectivity index (χ4n) is 19.9. The number of aliphatic hydroxyl groups excluding tert-OH is 2. The van der Waals surface area contributed by atoms with Gasteiger partial charge >= 0.3 is 5.97 Å². The molecule has 0 aliphatic heterocycles. The average molecular weight is 1960 g/mol. The van der Waals surface area contributed by atoms with Gasteiger partial charge in [-0.1, -0.05) is 614 Å². The third kappa shape index (κ3) is 118. The summed E-state index contributed by atoms with van der Waals surface area (Å²) in [5.41, 5.74) is 0. The Morgan fingerprint density at radius 2 is 0.455 bits per heavy atom. The van der Waals surface area contributed by atoms with Crippen LogP contribution in [0, 0.1) is 41.4 Å². The summed E-state index contributed by atoms with van der Waals surface area (Å²) >= 11 is 3.68. The lowest BCUT2D eigenvalue weighted by molar-refractivity contribution is -0.151. The highest BCUT2D eigenvalue weighted by Crippen LogP contribution is 2.34. The normalized spacial score (nSPS) is 13.7. The minimum absolute atomic E-state index is 0.0625. The summed E-state index contributed by atoms with van der Waals surface area (Å²) in [5, 5.41) is 21.7. The Morgan fingerprint density at radius 3 is 0.659 bits per heavy atom. The Hall–Kier alpha value is -0.260. The summed E-state index contributed by atoms with van der Waals surface area (Å²) in [6.07, 6.45) is 122. The molecule has 2 N–H and O–H groups in total. The second-order valence-corrected chi connectivity index (χ2v) is 45.5. The molecule has 0 saturated carbocycles. The van der Waals surface area contributed by atoms with Crippen molar-refractivity contribution in [3.05, 3.63) is 0 Å². The third-order valence-electron chi connectivity index (χ3n) is 29.0. The maximum absolute atomic E-state index is 13.1. The lowest BCUT2D eigenvalue weighted by Gasteiger charge is -2.28. The SMILES string of the molecule is CCCCCCCCC(CBr)CCCCCC.CCCCCCCCC(CCCCCC)CC(CC(CCCCCC)CCCCCCCC)OC(=O)CCCCN(C)C.CCCCCCCCC(CCCCCC)CC(O)CC(CCCCCC)CCCCCCCC.CCCCCCCCC(CCCCCC)COS(C)(=O)=O.CCCCCCCCC(CO)CCCCCC. The number of hydrogen-bond acceptors (Lipinski definition) is 8. The van der Waals surface area contributed by atoms with Crippen LogP contribution in [-0.2, 0) is 23.8 Å². The molecule has 0 spiro atoms. The molecule has 0 radical (unpaired) electrons.